The first kappa shape index (κ1) is 20.2. The first-order valence-corrected chi connectivity index (χ1v) is 9.33. The number of esters is 1. The lowest BCUT2D eigenvalue weighted by molar-refractivity contribution is -0.150. The topological polar surface area (TPSA) is 81.2 Å². The van der Waals surface area contributed by atoms with E-state index in [0.717, 1.165) is 17.0 Å². The lowest BCUT2D eigenvalue weighted by Gasteiger charge is -2.15. The summed E-state index contributed by atoms with van der Waals surface area (Å²) in [6, 6.07) is 7.07. The second-order valence-electron chi connectivity index (χ2n) is 5.76. The van der Waals surface area contributed by atoms with Crippen LogP contribution in [0.1, 0.15) is 23.9 Å². The van der Waals surface area contributed by atoms with Crippen LogP contribution in [0.25, 0.3) is 0 Å². The van der Waals surface area contributed by atoms with E-state index < -0.39 is 18.0 Å². The van der Waals surface area contributed by atoms with Crippen molar-refractivity contribution in [3.63, 3.8) is 0 Å². The van der Waals surface area contributed by atoms with E-state index in [9.17, 15) is 9.59 Å². The number of ether oxygens (including phenoxy) is 1. The number of amides is 1. The quantitative estimate of drug-likeness (QED) is 0.457. The normalized spacial score (nSPS) is 11.7. The van der Waals surface area contributed by atoms with Gasteiger partial charge >= 0.3 is 5.97 Å². The molecule has 2 rings (SSSR count). The fourth-order valence-corrected chi connectivity index (χ4v) is 3.05. The molecule has 0 bridgehead atoms. The Bertz CT molecular complexity index is 809. The van der Waals surface area contributed by atoms with E-state index in [1.54, 1.807) is 25.1 Å². The number of nitrogens with one attached hydrogen (secondary N) is 1. The van der Waals surface area contributed by atoms with Crippen molar-refractivity contribution < 1.29 is 14.3 Å². The molecule has 0 aliphatic heterocycles. The Balaban J connectivity index is 1.87. The van der Waals surface area contributed by atoms with E-state index in [1.165, 1.54) is 18.7 Å². The number of hydrogen-bond acceptors (Lipinski definition) is 6. The van der Waals surface area contributed by atoms with E-state index in [1.807, 2.05) is 19.9 Å². The Morgan fingerprint density at radius 1 is 1.23 bits per heavy atom. The third-order valence-electron chi connectivity index (χ3n) is 3.48. The smallest absolute Gasteiger partial charge is 0.317 e. The molecule has 138 valence electrons. The third-order valence-corrected chi connectivity index (χ3v) is 4.71. The zero-order chi connectivity index (χ0) is 19.3. The highest BCUT2D eigenvalue weighted by Gasteiger charge is 2.19. The fourth-order valence-electron chi connectivity index (χ4n) is 2.14. The average molecular weight is 394 g/mol. The molecular weight excluding hydrogens is 374 g/mol. The summed E-state index contributed by atoms with van der Waals surface area (Å²) in [4.78, 5) is 32.7. The zero-order valence-corrected chi connectivity index (χ0v) is 16.6. The minimum absolute atomic E-state index is 0.0245. The summed E-state index contributed by atoms with van der Waals surface area (Å²) in [6.07, 6.45) is -0.929. The first-order valence-electron chi connectivity index (χ1n) is 7.97. The molecule has 0 unspecified atom stereocenters. The van der Waals surface area contributed by atoms with Crippen LogP contribution in [0.15, 0.2) is 29.4 Å². The van der Waals surface area contributed by atoms with Crippen molar-refractivity contribution in [2.75, 3.05) is 11.1 Å². The number of halogens is 1. The molecule has 0 saturated carbocycles. The Labute approximate surface area is 161 Å². The lowest BCUT2D eigenvalue weighted by Crippen LogP contribution is -2.30. The number of aromatic nitrogens is 2. The summed E-state index contributed by atoms with van der Waals surface area (Å²) >= 11 is 7.20. The zero-order valence-electron chi connectivity index (χ0n) is 15.0. The number of benzene rings is 1. The molecule has 0 aliphatic carbocycles. The molecule has 0 radical (unpaired) electrons. The maximum Gasteiger partial charge on any atom is 0.317 e. The minimum Gasteiger partial charge on any atom is -0.452 e. The van der Waals surface area contributed by atoms with Crippen molar-refractivity contribution in [2.24, 2.45) is 0 Å². The van der Waals surface area contributed by atoms with Gasteiger partial charge in [-0.15, -0.1) is 0 Å². The highest BCUT2D eigenvalue weighted by molar-refractivity contribution is 7.99. The fraction of sp³-hybridized carbons (Fsp3) is 0.333. The number of aryl methyl sites for hydroxylation is 2. The van der Waals surface area contributed by atoms with Crippen LogP contribution in [0.2, 0.25) is 5.02 Å². The van der Waals surface area contributed by atoms with Crippen LogP contribution in [0, 0.1) is 20.8 Å². The highest BCUT2D eigenvalue weighted by atomic mass is 35.5. The van der Waals surface area contributed by atoms with Crippen LogP contribution in [-0.4, -0.2) is 33.7 Å². The molecule has 1 amide bonds. The van der Waals surface area contributed by atoms with Gasteiger partial charge in [-0.3, -0.25) is 9.59 Å². The van der Waals surface area contributed by atoms with Crippen LogP contribution in [0.4, 0.5) is 5.69 Å². The predicted molar refractivity (Wildman–Crippen MR) is 103 cm³/mol. The number of hydrogen-bond donors (Lipinski definition) is 1. The van der Waals surface area contributed by atoms with Gasteiger partial charge in [0.1, 0.15) is 0 Å². The molecule has 8 heteroatoms. The Morgan fingerprint density at radius 2 is 1.88 bits per heavy atom. The third kappa shape index (κ3) is 5.71. The number of thioether (sulfide) groups is 1. The van der Waals surface area contributed by atoms with Crippen molar-refractivity contribution in [3.8, 4) is 0 Å². The lowest BCUT2D eigenvalue weighted by atomic mass is 10.2. The van der Waals surface area contributed by atoms with Gasteiger partial charge in [-0.2, -0.15) is 0 Å². The standard InChI is InChI=1S/C18H20ClN3O3S/c1-10-8-11(2)21-18(20-10)26-9-16(23)25-13(4)17(24)22-15-7-5-6-14(19)12(15)3/h5-8,13H,9H2,1-4H3,(H,22,24)/t13-/m0/s1. The molecular formula is C18H20ClN3O3S. The summed E-state index contributed by atoms with van der Waals surface area (Å²) in [5, 5.41) is 3.77. The minimum atomic E-state index is -0.929. The largest absolute Gasteiger partial charge is 0.452 e. The van der Waals surface area contributed by atoms with Crippen molar-refractivity contribution >= 4 is 40.9 Å². The average Bonchev–Trinajstić information content (AvgIpc) is 2.56. The number of rotatable bonds is 6. The molecule has 0 saturated heterocycles. The van der Waals surface area contributed by atoms with Gasteiger partial charge in [-0.25, -0.2) is 9.97 Å². The van der Waals surface area contributed by atoms with E-state index in [0.29, 0.717) is 15.9 Å². The number of carbonyl (C=O) groups is 2. The molecule has 1 atom stereocenters. The summed E-state index contributed by atoms with van der Waals surface area (Å²) in [5.74, 6) is -0.906. The van der Waals surface area contributed by atoms with Crippen LogP contribution >= 0.6 is 23.4 Å². The van der Waals surface area contributed by atoms with Crippen LogP contribution in [0.3, 0.4) is 0 Å². The van der Waals surface area contributed by atoms with Crippen LogP contribution in [0.5, 0.6) is 0 Å². The van der Waals surface area contributed by atoms with Gasteiger partial charge in [0.15, 0.2) is 11.3 Å². The summed E-state index contributed by atoms with van der Waals surface area (Å²) < 4.78 is 5.18. The van der Waals surface area contributed by atoms with Gasteiger partial charge < -0.3 is 10.1 Å². The number of anilines is 1. The SMILES string of the molecule is Cc1cc(C)nc(SCC(=O)O[C@@H](C)C(=O)Nc2cccc(Cl)c2C)n1. The molecule has 0 fully saturated rings. The van der Waals surface area contributed by atoms with Gasteiger partial charge in [0.05, 0.1) is 5.75 Å². The predicted octanol–water partition coefficient (Wildman–Crippen LogP) is 3.72. The van der Waals surface area contributed by atoms with Crippen molar-refractivity contribution in [2.45, 2.75) is 39.0 Å². The molecule has 2 aromatic rings. The molecule has 1 N–H and O–H groups in total. The summed E-state index contributed by atoms with van der Waals surface area (Å²) in [5.41, 5.74) is 3.00. The summed E-state index contributed by atoms with van der Waals surface area (Å²) in [6.45, 7) is 7.04. The van der Waals surface area contributed by atoms with Crippen LogP contribution in [-0.2, 0) is 14.3 Å². The number of carbonyl (C=O) groups excluding carboxylic acids is 2. The molecule has 6 nitrogen and oxygen atoms in total. The second kappa shape index (κ2) is 9.00. The van der Waals surface area contributed by atoms with Crippen molar-refractivity contribution in [3.05, 3.63) is 46.2 Å². The van der Waals surface area contributed by atoms with Gasteiger partial charge in [0, 0.05) is 22.1 Å². The van der Waals surface area contributed by atoms with Gasteiger partial charge in [0.2, 0.25) is 0 Å². The van der Waals surface area contributed by atoms with Gasteiger partial charge in [-0.1, -0.05) is 29.4 Å². The summed E-state index contributed by atoms with van der Waals surface area (Å²) in [7, 11) is 0. The van der Waals surface area contributed by atoms with Gasteiger partial charge in [-0.05, 0) is 51.5 Å². The molecule has 1 aromatic heterocycles. The molecule has 0 spiro atoms. The van der Waals surface area contributed by atoms with E-state index in [-0.39, 0.29) is 5.75 Å². The van der Waals surface area contributed by atoms with Crippen molar-refractivity contribution in [1.29, 1.82) is 0 Å². The maximum atomic E-state index is 12.2. The Hall–Kier alpha value is -2.12. The first-order chi connectivity index (χ1) is 12.3. The Kier molecular flexibility index (Phi) is 6.99. The highest BCUT2D eigenvalue weighted by Crippen LogP contribution is 2.23. The van der Waals surface area contributed by atoms with E-state index in [4.69, 9.17) is 16.3 Å². The number of nitrogens with zero attached hydrogens (tertiary/aromatic N) is 2. The van der Waals surface area contributed by atoms with E-state index in [2.05, 4.69) is 15.3 Å². The molecule has 1 aromatic carbocycles. The van der Waals surface area contributed by atoms with E-state index >= 15 is 0 Å². The maximum absolute atomic E-state index is 12.2. The molecule has 26 heavy (non-hydrogen) atoms. The second-order valence-corrected chi connectivity index (χ2v) is 7.11. The monoisotopic (exact) mass is 393 g/mol. The van der Waals surface area contributed by atoms with Gasteiger partial charge in [0.25, 0.3) is 5.91 Å². The van der Waals surface area contributed by atoms with Crippen molar-refractivity contribution in [1.82, 2.24) is 9.97 Å². The van der Waals surface area contributed by atoms with Crippen LogP contribution < -0.4 is 5.32 Å². The molecule has 0 aliphatic rings. The Morgan fingerprint density at radius 3 is 2.54 bits per heavy atom. The molecule has 1 heterocycles.